The van der Waals surface area contributed by atoms with Crippen molar-refractivity contribution in [3.8, 4) is 22.5 Å². The van der Waals surface area contributed by atoms with E-state index in [9.17, 15) is 0 Å². The van der Waals surface area contributed by atoms with Crippen LogP contribution in [0.25, 0.3) is 33.4 Å². The molecule has 0 aliphatic carbocycles. The van der Waals surface area contributed by atoms with Crippen LogP contribution in [0.4, 0.5) is 0 Å². The monoisotopic (exact) mass is 360 g/mol. The van der Waals surface area contributed by atoms with E-state index in [0.29, 0.717) is 0 Å². The van der Waals surface area contributed by atoms with Crippen molar-refractivity contribution >= 4 is 26.8 Å². The van der Waals surface area contributed by atoms with Gasteiger partial charge in [-0.25, -0.2) is 4.98 Å². The van der Waals surface area contributed by atoms with E-state index in [-0.39, 0.29) is 0 Å². The first kappa shape index (κ1) is 14.1. The molecule has 23 heavy (non-hydrogen) atoms. The minimum absolute atomic E-state index is 0.892. The van der Waals surface area contributed by atoms with Crippen LogP contribution in [-0.4, -0.2) is 9.97 Å². The molecular weight excluding hydrogens is 348 g/mol. The van der Waals surface area contributed by atoms with Crippen LogP contribution in [-0.2, 0) is 0 Å². The Bertz CT molecular complexity index is 964. The quantitative estimate of drug-likeness (QED) is 0.456. The summed E-state index contributed by atoms with van der Waals surface area (Å²) < 4.78 is 1.08. The molecule has 4 aromatic rings. The summed E-state index contributed by atoms with van der Waals surface area (Å²) in [5.74, 6) is 0. The summed E-state index contributed by atoms with van der Waals surface area (Å²) in [6.45, 7) is 0. The van der Waals surface area contributed by atoms with Crippen LogP contribution in [0, 0.1) is 0 Å². The molecule has 0 amide bonds. The summed E-state index contributed by atoms with van der Waals surface area (Å²) in [6, 6.07) is 24.7. The van der Waals surface area contributed by atoms with Gasteiger partial charge in [-0.3, -0.25) is 4.98 Å². The summed E-state index contributed by atoms with van der Waals surface area (Å²) in [5.41, 5.74) is 5.11. The van der Waals surface area contributed by atoms with Gasteiger partial charge in [0.15, 0.2) is 0 Å². The van der Waals surface area contributed by atoms with Gasteiger partial charge in [0.2, 0.25) is 0 Å². The lowest BCUT2D eigenvalue weighted by Crippen LogP contribution is -1.88. The van der Waals surface area contributed by atoms with Crippen LogP contribution in [0.3, 0.4) is 0 Å². The second kappa shape index (κ2) is 5.94. The Morgan fingerprint density at radius 3 is 2.26 bits per heavy atom. The minimum Gasteiger partial charge on any atom is -0.255 e. The third-order valence-corrected chi connectivity index (χ3v) is 4.33. The Hall–Kier alpha value is -2.52. The maximum atomic E-state index is 4.78. The number of fused-ring (bicyclic) bond motifs is 1. The zero-order valence-corrected chi connectivity index (χ0v) is 13.9. The van der Waals surface area contributed by atoms with Crippen LogP contribution < -0.4 is 0 Å². The van der Waals surface area contributed by atoms with E-state index in [0.717, 1.165) is 32.3 Å². The maximum absolute atomic E-state index is 4.78. The molecule has 4 rings (SSSR count). The Kier molecular flexibility index (Phi) is 3.64. The summed E-state index contributed by atoms with van der Waals surface area (Å²) in [5, 5.41) is 1.13. The SMILES string of the molecule is Brc1ccc(-c2ccc3ccc(-c4ccccn4)nc3c2)cc1. The third-order valence-electron chi connectivity index (χ3n) is 3.80. The molecule has 2 aromatic carbocycles. The van der Waals surface area contributed by atoms with Crippen LogP contribution in [0.5, 0.6) is 0 Å². The minimum atomic E-state index is 0.892. The van der Waals surface area contributed by atoms with Crippen molar-refractivity contribution in [2.45, 2.75) is 0 Å². The van der Waals surface area contributed by atoms with E-state index >= 15 is 0 Å². The standard InChI is InChI=1S/C20H13BrN2/c21-17-9-6-14(7-10-17)16-5-4-15-8-11-19(23-20(15)13-16)18-3-1-2-12-22-18/h1-13H. The molecule has 0 atom stereocenters. The highest BCUT2D eigenvalue weighted by Gasteiger charge is 2.04. The van der Waals surface area contributed by atoms with Gasteiger partial charge in [-0.05, 0) is 47.5 Å². The fraction of sp³-hybridized carbons (Fsp3) is 0. The van der Waals surface area contributed by atoms with Crippen molar-refractivity contribution in [2.24, 2.45) is 0 Å². The fourth-order valence-electron chi connectivity index (χ4n) is 2.60. The Morgan fingerprint density at radius 1 is 0.696 bits per heavy atom. The molecule has 2 nitrogen and oxygen atoms in total. The van der Waals surface area contributed by atoms with Gasteiger partial charge in [-0.1, -0.05) is 52.3 Å². The number of hydrogen-bond acceptors (Lipinski definition) is 2. The highest BCUT2D eigenvalue weighted by Crippen LogP contribution is 2.26. The van der Waals surface area contributed by atoms with Gasteiger partial charge in [-0.2, -0.15) is 0 Å². The van der Waals surface area contributed by atoms with Gasteiger partial charge >= 0.3 is 0 Å². The molecule has 0 radical (unpaired) electrons. The van der Waals surface area contributed by atoms with Gasteiger partial charge in [0.1, 0.15) is 0 Å². The maximum Gasteiger partial charge on any atom is 0.0893 e. The predicted octanol–water partition coefficient (Wildman–Crippen LogP) is 5.73. The normalized spacial score (nSPS) is 10.8. The topological polar surface area (TPSA) is 25.8 Å². The van der Waals surface area contributed by atoms with Crippen LogP contribution in [0.15, 0.2) is 83.5 Å². The van der Waals surface area contributed by atoms with Gasteiger partial charge in [-0.15, -0.1) is 0 Å². The van der Waals surface area contributed by atoms with E-state index in [4.69, 9.17) is 4.98 Å². The second-order valence-electron chi connectivity index (χ2n) is 5.33. The predicted molar refractivity (Wildman–Crippen MR) is 98.1 cm³/mol. The summed E-state index contributed by atoms with van der Waals surface area (Å²) >= 11 is 3.47. The number of halogens is 1. The number of hydrogen-bond donors (Lipinski definition) is 0. The van der Waals surface area contributed by atoms with E-state index in [1.807, 2.05) is 24.3 Å². The summed E-state index contributed by atoms with van der Waals surface area (Å²) in [6.07, 6.45) is 1.79. The zero-order valence-electron chi connectivity index (χ0n) is 12.3. The van der Waals surface area contributed by atoms with Crippen molar-refractivity contribution in [1.82, 2.24) is 9.97 Å². The first-order valence-corrected chi connectivity index (χ1v) is 8.17. The lowest BCUT2D eigenvalue weighted by atomic mass is 10.0. The number of aromatic nitrogens is 2. The average Bonchev–Trinajstić information content (AvgIpc) is 2.62. The molecule has 110 valence electrons. The van der Waals surface area contributed by atoms with Crippen molar-refractivity contribution in [2.75, 3.05) is 0 Å². The van der Waals surface area contributed by atoms with Gasteiger partial charge in [0, 0.05) is 16.1 Å². The number of nitrogens with zero attached hydrogens (tertiary/aromatic N) is 2. The van der Waals surface area contributed by atoms with Crippen LogP contribution in [0.1, 0.15) is 0 Å². The largest absolute Gasteiger partial charge is 0.255 e. The van der Waals surface area contributed by atoms with Crippen molar-refractivity contribution in [3.05, 3.63) is 83.5 Å². The third kappa shape index (κ3) is 2.88. The molecule has 0 spiro atoms. The number of benzene rings is 2. The second-order valence-corrected chi connectivity index (χ2v) is 6.24. The van der Waals surface area contributed by atoms with Crippen molar-refractivity contribution in [1.29, 1.82) is 0 Å². The van der Waals surface area contributed by atoms with E-state index < -0.39 is 0 Å². The average molecular weight is 361 g/mol. The van der Waals surface area contributed by atoms with Gasteiger partial charge < -0.3 is 0 Å². The molecule has 2 aromatic heterocycles. The smallest absolute Gasteiger partial charge is 0.0893 e. The molecule has 0 aliphatic rings. The van der Waals surface area contributed by atoms with Crippen LogP contribution >= 0.6 is 15.9 Å². The molecule has 2 heterocycles. The molecule has 0 aliphatic heterocycles. The van der Waals surface area contributed by atoms with Crippen molar-refractivity contribution in [3.63, 3.8) is 0 Å². The molecule has 0 N–H and O–H groups in total. The van der Waals surface area contributed by atoms with Crippen LogP contribution in [0.2, 0.25) is 0 Å². The van der Waals surface area contributed by atoms with Crippen molar-refractivity contribution < 1.29 is 0 Å². The highest BCUT2D eigenvalue weighted by molar-refractivity contribution is 9.10. The van der Waals surface area contributed by atoms with Gasteiger partial charge in [0.05, 0.1) is 16.9 Å². The fourth-order valence-corrected chi connectivity index (χ4v) is 2.86. The lowest BCUT2D eigenvalue weighted by Gasteiger charge is -2.06. The Morgan fingerprint density at radius 2 is 1.48 bits per heavy atom. The Balaban J connectivity index is 1.82. The first-order chi connectivity index (χ1) is 11.3. The molecule has 0 saturated carbocycles. The number of rotatable bonds is 2. The summed E-state index contributed by atoms with van der Waals surface area (Å²) in [7, 11) is 0. The molecule has 0 saturated heterocycles. The molecule has 0 bridgehead atoms. The van der Waals surface area contributed by atoms with E-state index in [2.05, 4.69) is 69.4 Å². The summed E-state index contributed by atoms with van der Waals surface area (Å²) in [4.78, 5) is 9.16. The van der Waals surface area contributed by atoms with E-state index in [1.165, 1.54) is 5.56 Å². The molecule has 0 fully saturated rings. The van der Waals surface area contributed by atoms with E-state index in [1.54, 1.807) is 6.20 Å². The Labute approximate surface area is 143 Å². The lowest BCUT2D eigenvalue weighted by molar-refractivity contribution is 1.28. The first-order valence-electron chi connectivity index (χ1n) is 7.38. The molecule has 3 heteroatoms. The zero-order chi connectivity index (χ0) is 15.6. The highest BCUT2D eigenvalue weighted by atomic mass is 79.9. The van der Waals surface area contributed by atoms with Gasteiger partial charge in [0.25, 0.3) is 0 Å². The number of pyridine rings is 2. The molecular formula is C20H13BrN2. The molecule has 0 unspecified atom stereocenters.